The first-order valence-corrected chi connectivity index (χ1v) is 12.2. The summed E-state index contributed by atoms with van der Waals surface area (Å²) in [6.45, 7) is 9.05. The second kappa shape index (κ2) is 9.50. The van der Waals surface area contributed by atoms with Crippen LogP contribution in [0.15, 0.2) is 47.4 Å². The molecule has 3 rings (SSSR count). The van der Waals surface area contributed by atoms with Crippen LogP contribution in [0.1, 0.15) is 46.1 Å². The van der Waals surface area contributed by atoms with Gasteiger partial charge in [-0.25, -0.2) is 8.42 Å². The van der Waals surface area contributed by atoms with Crippen molar-refractivity contribution in [3.05, 3.63) is 48.0 Å². The molecule has 8 heteroatoms. The number of rotatable bonds is 7. The fourth-order valence-electron chi connectivity index (χ4n) is 3.55. The summed E-state index contributed by atoms with van der Waals surface area (Å²) >= 11 is 0. The molecule has 0 spiro atoms. The van der Waals surface area contributed by atoms with Gasteiger partial charge in [-0.3, -0.25) is 4.79 Å². The summed E-state index contributed by atoms with van der Waals surface area (Å²) in [6, 6.07) is 12.1. The van der Waals surface area contributed by atoms with Crippen LogP contribution < -0.4 is 14.8 Å². The minimum atomic E-state index is -3.61. The molecule has 7 nitrogen and oxygen atoms in total. The summed E-state index contributed by atoms with van der Waals surface area (Å²) in [5.41, 5.74) is 1.48. The first kappa shape index (κ1) is 24.1. The third kappa shape index (κ3) is 5.42. The van der Waals surface area contributed by atoms with E-state index in [-0.39, 0.29) is 16.0 Å². The van der Waals surface area contributed by atoms with Crippen LogP contribution in [0.3, 0.4) is 0 Å². The smallest absolute Gasteiger partial charge is 0.265 e. The monoisotopic (exact) mass is 460 g/mol. The van der Waals surface area contributed by atoms with Gasteiger partial charge < -0.3 is 14.8 Å². The van der Waals surface area contributed by atoms with Crippen LogP contribution in [-0.4, -0.2) is 44.9 Å². The molecule has 0 bridgehead atoms. The first-order chi connectivity index (χ1) is 15.0. The Morgan fingerprint density at radius 3 is 2.25 bits per heavy atom. The summed E-state index contributed by atoms with van der Waals surface area (Å²) < 4.78 is 38.4. The van der Waals surface area contributed by atoms with E-state index >= 15 is 0 Å². The first-order valence-electron chi connectivity index (χ1n) is 10.8. The minimum Gasteiger partial charge on any atom is -0.495 e. The van der Waals surface area contributed by atoms with Crippen molar-refractivity contribution in [2.45, 2.75) is 57.0 Å². The van der Waals surface area contributed by atoms with E-state index in [1.165, 1.54) is 29.1 Å². The number of nitrogens with zero attached hydrogens (tertiary/aromatic N) is 1. The number of amides is 1. The number of ether oxygens (including phenoxy) is 2. The van der Waals surface area contributed by atoms with Gasteiger partial charge in [-0.1, -0.05) is 32.9 Å². The fraction of sp³-hybridized carbons (Fsp3) is 0.458. The van der Waals surface area contributed by atoms with E-state index in [0.29, 0.717) is 24.6 Å². The Balaban J connectivity index is 1.74. The Morgan fingerprint density at radius 1 is 1.06 bits per heavy atom. The van der Waals surface area contributed by atoms with Gasteiger partial charge in [0.2, 0.25) is 10.0 Å². The van der Waals surface area contributed by atoms with Gasteiger partial charge >= 0.3 is 0 Å². The summed E-state index contributed by atoms with van der Waals surface area (Å²) in [6.07, 6.45) is 0.911. The average molecular weight is 461 g/mol. The van der Waals surface area contributed by atoms with Gasteiger partial charge in [-0.2, -0.15) is 4.31 Å². The van der Waals surface area contributed by atoms with E-state index in [2.05, 4.69) is 26.1 Å². The molecule has 1 atom stereocenters. The van der Waals surface area contributed by atoms with Crippen LogP contribution in [0, 0.1) is 0 Å². The Hall–Kier alpha value is -2.58. The van der Waals surface area contributed by atoms with Gasteiger partial charge in [0.15, 0.2) is 6.10 Å². The molecule has 1 N–H and O–H groups in total. The van der Waals surface area contributed by atoms with Crippen molar-refractivity contribution in [3.8, 4) is 11.5 Å². The van der Waals surface area contributed by atoms with Crippen LogP contribution in [0.4, 0.5) is 5.69 Å². The van der Waals surface area contributed by atoms with Gasteiger partial charge in [0.05, 0.1) is 17.7 Å². The Kier molecular flexibility index (Phi) is 7.15. The molecule has 1 heterocycles. The van der Waals surface area contributed by atoms with E-state index in [9.17, 15) is 13.2 Å². The SMILES string of the molecule is COc1ccc(S(=O)(=O)N2CCCC2)cc1NC(=O)[C@H](C)Oc1ccc(C(C)(C)C)cc1. The number of carbonyl (C=O) groups excluding carboxylic acids is 1. The third-order valence-electron chi connectivity index (χ3n) is 5.53. The zero-order chi connectivity index (χ0) is 23.5. The van der Waals surface area contributed by atoms with E-state index in [0.717, 1.165) is 12.8 Å². The molecule has 1 fully saturated rings. The van der Waals surface area contributed by atoms with Crippen molar-refractivity contribution in [2.24, 2.45) is 0 Å². The van der Waals surface area contributed by atoms with Crippen LogP contribution in [0.25, 0.3) is 0 Å². The topological polar surface area (TPSA) is 84.9 Å². The van der Waals surface area contributed by atoms with Gasteiger partial charge in [-0.15, -0.1) is 0 Å². The van der Waals surface area contributed by atoms with Crippen LogP contribution in [0.2, 0.25) is 0 Å². The normalized spacial score (nSPS) is 15.9. The highest BCUT2D eigenvalue weighted by Crippen LogP contribution is 2.30. The molecule has 1 aliphatic rings. The molecule has 1 amide bonds. The summed E-state index contributed by atoms with van der Waals surface area (Å²) in [5, 5.41) is 2.75. The molecule has 1 saturated heterocycles. The van der Waals surface area contributed by atoms with Crippen LogP contribution in [0.5, 0.6) is 11.5 Å². The lowest BCUT2D eigenvalue weighted by molar-refractivity contribution is -0.122. The minimum absolute atomic E-state index is 0.0263. The Bertz CT molecular complexity index is 1050. The number of hydrogen-bond acceptors (Lipinski definition) is 5. The predicted octanol–water partition coefficient (Wildman–Crippen LogP) is 4.18. The predicted molar refractivity (Wildman–Crippen MR) is 125 cm³/mol. The average Bonchev–Trinajstić information content (AvgIpc) is 3.29. The van der Waals surface area contributed by atoms with E-state index < -0.39 is 22.0 Å². The van der Waals surface area contributed by atoms with Crippen LogP contribution in [-0.2, 0) is 20.2 Å². The molecular weight excluding hydrogens is 428 g/mol. The maximum atomic E-state index is 12.9. The standard InChI is InChI=1S/C24H32N2O5S/c1-17(31-19-10-8-18(9-11-19)24(2,3)4)23(27)25-21-16-20(12-13-22(21)30-5)32(28,29)26-14-6-7-15-26/h8-13,16-17H,6-7,14-15H2,1-5H3,(H,25,27)/t17-/m0/s1. The summed E-state index contributed by atoms with van der Waals surface area (Å²) in [5.74, 6) is 0.553. The van der Waals surface area contributed by atoms with Crippen molar-refractivity contribution < 1.29 is 22.7 Å². The van der Waals surface area contributed by atoms with Gasteiger partial charge in [0.1, 0.15) is 11.5 Å². The number of carbonyl (C=O) groups is 1. The van der Waals surface area contributed by atoms with E-state index in [4.69, 9.17) is 9.47 Å². The number of benzene rings is 2. The highest BCUT2D eigenvalue weighted by molar-refractivity contribution is 7.89. The maximum Gasteiger partial charge on any atom is 0.265 e. The van der Waals surface area contributed by atoms with Crippen molar-refractivity contribution in [2.75, 3.05) is 25.5 Å². The lowest BCUT2D eigenvalue weighted by Crippen LogP contribution is -2.31. The zero-order valence-electron chi connectivity index (χ0n) is 19.3. The van der Waals surface area contributed by atoms with Crippen molar-refractivity contribution >= 4 is 21.6 Å². The second-order valence-electron chi connectivity index (χ2n) is 9.00. The summed E-state index contributed by atoms with van der Waals surface area (Å²) in [4.78, 5) is 12.9. The molecule has 2 aromatic rings. The maximum absolute atomic E-state index is 12.9. The molecule has 2 aromatic carbocycles. The molecule has 1 aliphatic heterocycles. The lowest BCUT2D eigenvalue weighted by Gasteiger charge is -2.20. The number of nitrogens with one attached hydrogen (secondary N) is 1. The summed E-state index contributed by atoms with van der Waals surface area (Å²) in [7, 11) is -2.14. The fourth-order valence-corrected chi connectivity index (χ4v) is 5.09. The molecule has 32 heavy (non-hydrogen) atoms. The Morgan fingerprint density at radius 2 is 1.69 bits per heavy atom. The third-order valence-corrected chi connectivity index (χ3v) is 7.43. The molecular formula is C24H32N2O5S. The molecule has 0 radical (unpaired) electrons. The number of methoxy groups -OCH3 is 1. The van der Waals surface area contributed by atoms with Crippen LogP contribution >= 0.6 is 0 Å². The molecule has 0 aliphatic carbocycles. The Labute approximate surface area is 190 Å². The highest BCUT2D eigenvalue weighted by Gasteiger charge is 2.28. The van der Waals surface area contributed by atoms with E-state index in [1.54, 1.807) is 13.0 Å². The van der Waals surface area contributed by atoms with Gasteiger partial charge in [-0.05, 0) is 61.1 Å². The van der Waals surface area contributed by atoms with Crippen molar-refractivity contribution in [1.82, 2.24) is 4.31 Å². The molecule has 0 aromatic heterocycles. The quantitative estimate of drug-likeness (QED) is 0.670. The van der Waals surface area contributed by atoms with E-state index in [1.807, 2.05) is 24.3 Å². The molecule has 174 valence electrons. The number of anilines is 1. The molecule has 0 unspecified atom stereocenters. The second-order valence-corrected chi connectivity index (χ2v) is 10.9. The lowest BCUT2D eigenvalue weighted by atomic mass is 9.87. The van der Waals surface area contributed by atoms with Crippen molar-refractivity contribution in [1.29, 1.82) is 0 Å². The number of hydrogen-bond donors (Lipinski definition) is 1. The molecule has 0 saturated carbocycles. The van der Waals surface area contributed by atoms with Gasteiger partial charge in [0.25, 0.3) is 5.91 Å². The zero-order valence-corrected chi connectivity index (χ0v) is 20.2. The van der Waals surface area contributed by atoms with Gasteiger partial charge in [0, 0.05) is 13.1 Å². The largest absolute Gasteiger partial charge is 0.495 e. The number of sulfonamides is 1. The van der Waals surface area contributed by atoms with Crippen molar-refractivity contribution in [3.63, 3.8) is 0 Å². The highest BCUT2D eigenvalue weighted by atomic mass is 32.2.